The summed E-state index contributed by atoms with van der Waals surface area (Å²) in [5.41, 5.74) is 0.175. The molecule has 0 saturated carbocycles. The van der Waals surface area contributed by atoms with Crippen molar-refractivity contribution in [2.24, 2.45) is 5.41 Å². The van der Waals surface area contributed by atoms with Crippen molar-refractivity contribution >= 4 is 9.84 Å². The van der Waals surface area contributed by atoms with Crippen LogP contribution in [-0.4, -0.2) is 32.5 Å². The van der Waals surface area contributed by atoms with E-state index >= 15 is 0 Å². The summed E-state index contributed by atoms with van der Waals surface area (Å²) in [6.07, 6.45) is 0.706. The molecule has 0 aromatic rings. The average Bonchev–Trinajstić information content (AvgIpc) is 2.01. The Labute approximate surface area is 94.6 Å². The molecule has 0 aliphatic heterocycles. The Bertz CT molecular complexity index is 265. The lowest BCUT2D eigenvalue weighted by Crippen LogP contribution is -2.40. The maximum Gasteiger partial charge on any atom is 0.151 e. The molecule has 1 N–H and O–H groups in total. The summed E-state index contributed by atoms with van der Waals surface area (Å²) in [5, 5.41) is 3.26. The van der Waals surface area contributed by atoms with E-state index < -0.39 is 9.84 Å². The van der Waals surface area contributed by atoms with E-state index in [1.807, 2.05) is 6.92 Å². The maximum absolute atomic E-state index is 11.4. The van der Waals surface area contributed by atoms with Gasteiger partial charge < -0.3 is 5.32 Å². The van der Waals surface area contributed by atoms with Crippen LogP contribution in [0.3, 0.4) is 0 Å². The first-order valence-corrected chi connectivity index (χ1v) is 7.45. The highest BCUT2D eigenvalue weighted by Crippen LogP contribution is 2.18. The molecule has 3 nitrogen and oxygen atoms in total. The lowest BCUT2D eigenvalue weighted by atomic mass is 9.88. The Morgan fingerprint density at radius 3 is 2.13 bits per heavy atom. The number of nitrogens with one attached hydrogen (secondary N) is 1. The second kappa shape index (κ2) is 5.85. The lowest BCUT2D eigenvalue weighted by Gasteiger charge is -2.28. The molecule has 1 atom stereocenters. The van der Waals surface area contributed by atoms with Crippen LogP contribution in [0.25, 0.3) is 0 Å². The zero-order valence-electron chi connectivity index (χ0n) is 10.6. The number of sulfone groups is 1. The van der Waals surface area contributed by atoms with Crippen LogP contribution in [0, 0.1) is 5.41 Å². The van der Waals surface area contributed by atoms with E-state index in [1.165, 1.54) is 0 Å². The fourth-order valence-corrected chi connectivity index (χ4v) is 2.41. The normalized spacial score (nSPS) is 15.3. The van der Waals surface area contributed by atoms with Crippen molar-refractivity contribution in [3.05, 3.63) is 0 Å². The van der Waals surface area contributed by atoms with Crippen molar-refractivity contribution < 1.29 is 8.42 Å². The van der Waals surface area contributed by atoms with Gasteiger partial charge >= 0.3 is 0 Å². The predicted molar refractivity (Wildman–Crippen MR) is 65.9 cm³/mol. The summed E-state index contributed by atoms with van der Waals surface area (Å²) >= 11 is 0. The first kappa shape index (κ1) is 14.9. The summed E-state index contributed by atoms with van der Waals surface area (Å²) in [7, 11) is -2.84. The zero-order chi connectivity index (χ0) is 12.1. The standard InChI is InChI=1S/C11H25NO2S/c1-6-8-15(13,14)9-7-12-10(2)11(3,4)5/h10,12H,6-9H2,1-5H3. The van der Waals surface area contributed by atoms with E-state index in [-0.39, 0.29) is 11.2 Å². The van der Waals surface area contributed by atoms with Gasteiger partial charge in [0.05, 0.1) is 5.75 Å². The molecule has 92 valence electrons. The van der Waals surface area contributed by atoms with E-state index in [0.717, 1.165) is 0 Å². The molecule has 0 amide bonds. The minimum absolute atomic E-state index is 0.175. The Morgan fingerprint density at radius 1 is 1.20 bits per heavy atom. The molecule has 0 aromatic heterocycles. The van der Waals surface area contributed by atoms with Gasteiger partial charge in [-0.2, -0.15) is 0 Å². The van der Waals surface area contributed by atoms with Gasteiger partial charge in [0, 0.05) is 18.3 Å². The summed E-state index contributed by atoms with van der Waals surface area (Å²) < 4.78 is 22.8. The second-order valence-corrected chi connectivity index (χ2v) is 7.50. The fraction of sp³-hybridized carbons (Fsp3) is 1.00. The van der Waals surface area contributed by atoms with Crippen LogP contribution in [0.1, 0.15) is 41.0 Å². The van der Waals surface area contributed by atoms with Gasteiger partial charge in [0.25, 0.3) is 0 Å². The van der Waals surface area contributed by atoms with E-state index in [4.69, 9.17) is 0 Å². The number of hydrogen-bond acceptors (Lipinski definition) is 3. The van der Waals surface area contributed by atoms with Crippen molar-refractivity contribution in [1.82, 2.24) is 5.32 Å². The molecule has 0 spiro atoms. The molecule has 0 bridgehead atoms. The van der Waals surface area contributed by atoms with Gasteiger partial charge in [-0.15, -0.1) is 0 Å². The molecule has 0 aliphatic carbocycles. The van der Waals surface area contributed by atoms with Crippen LogP contribution < -0.4 is 5.32 Å². The third-order valence-electron chi connectivity index (χ3n) is 2.68. The average molecular weight is 235 g/mol. The molecule has 0 rings (SSSR count). The van der Waals surface area contributed by atoms with Crippen molar-refractivity contribution in [2.75, 3.05) is 18.1 Å². The second-order valence-electron chi connectivity index (χ2n) is 5.19. The van der Waals surface area contributed by atoms with Crippen LogP contribution in [0.5, 0.6) is 0 Å². The third kappa shape index (κ3) is 6.90. The van der Waals surface area contributed by atoms with Crippen molar-refractivity contribution in [2.45, 2.75) is 47.1 Å². The van der Waals surface area contributed by atoms with Crippen molar-refractivity contribution in [3.8, 4) is 0 Å². The van der Waals surface area contributed by atoms with Crippen LogP contribution in [0.2, 0.25) is 0 Å². The van der Waals surface area contributed by atoms with E-state index in [1.54, 1.807) is 0 Å². The van der Waals surface area contributed by atoms with Gasteiger partial charge in [0.1, 0.15) is 0 Å². The van der Waals surface area contributed by atoms with Crippen molar-refractivity contribution in [3.63, 3.8) is 0 Å². The highest BCUT2D eigenvalue weighted by Gasteiger charge is 2.19. The monoisotopic (exact) mass is 235 g/mol. The SMILES string of the molecule is CCCS(=O)(=O)CCNC(C)C(C)(C)C. The first-order valence-electron chi connectivity index (χ1n) is 5.63. The molecular weight excluding hydrogens is 210 g/mol. The van der Waals surface area contributed by atoms with Crippen LogP contribution >= 0.6 is 0 Å². The predicted octanol–water partition coefficient (Wildman–Crippen LogP) is 1.84. The first-order chi connectivity index (χ1) is 6.69. The molecule has 1 unspecified atom stereocenters. The van der Waals surface area contributed by atoms with E-state index in [0.29, 0.717) is 24.8 Å². The highest BCUT2D eigenvalue weighted by atomic mass is 32.2. The minimum Gasteiger partial charge on any atom is -0.313 e. The molecule has 0 aliphatic rings. The fourth-order valence-electron chi connectivity index (χ4n) is 1.15. The quantitative estimate of drug-likeness (QED) is 0.764. The van der Waals surface area contributed by atoms with Gasteiger partial charge in [0.2, 0.25) is 0 Å². The minimum atomic E-state index is -2.84. The van der Waals surface area contributed by atoms with Gasteiger partial charge in [0.15, 0.2) is 9.84 Å². The molecule has 0 heterocycles. The molecule has 0 radical (unpaired) electrons. The molecule has 0 saturated heterocycles. The Hall–Kier alpha value is -0.0900. The van der Waals surface area contributed by atoms with Gasteiger partial charge in [-0.1, -0.05) is 27.7 Å². The van der Waals surface area contributed by atoms with E-state index in [9.17, 15) is 8.42 Å². The van der Waals surface area contributed by atoms with Crippen LogP contribution in [-0.2, 0) is 9.84 Å². The third-order valence-corrected chi connectivity index (χ3v) is 4.53. The van der Waals surface area contributed by atoms with Gasteiger partial charge in [-0.25, -0.2) is 8.42 Å². The highest BCUT2D eigenvalue weighted by molar-refractivity contribution is 7.91. The largest absolute Gasteiger partial charge is 0.313 e. The van der Waals surface area contributed by atoms with E-state index in [2.05, 4.69) is 33.0 Å². The molecule has 15 heavy (non-hydrogen) atoms. The topological polar surface area (TPSA) is 46.2 Å². The number of hydrogen-bond donors (Lipinski definition) is 1. The van der Waals surface area contributed by atoms with Crippen LogP contribution in [0.15, 0.2) is 0 Å². The summed E-state index contributed by atoms with van der Waals surface area (Å²) in [5.74, 6) is 0.555. The summed E-state index contributed by atoms with van der Waals surface area (Å²) in [6, 6.07) is 0.328. The van der Waals surface area contributed by atoms with Crippen molar-refractivity contribution in [1.29, 1.82) is 0 Å². The molecule has 0 aromatic carbocycles. The maximum atomic E-state index is 11.4. The van der Waals surface area contributed by atoms with Gasteiger partial charge in [-0.05, 0) is 18.8 Å². The Morgan fingerprint density at radius 2 is 1.73 bits per heavy atom. The lowest BCUT2D eigenvalue weighted by molar-refractivity contribution is 0.291. The Kier molecular flexibility index (Phi) is 5.81. The summed E-state index contributed by atoms with van der Waals surface area (Å²) in [6.45, 7) is 11.0. The molecule has 4 heteroatoms. The molecule has 0 fully saturated rings. The number of rotatable bonds is 6. The summed E-state index contributed by atoms with van der Waals surface area (Å²) in [4.78, 5) is 0. The molecular formula is C11H25NO2S. The van der Waals surface area contributed by atoms with Crippen LogP contribution in [0.4, 0.5) is 0 Å². The van der Waals surface area contributed by atoms with Gasteiger partial charge in [-0.3, -0.25) is 0 Å². The zero-order valence-corrected chi connectivity index (χ0v) is 11.4. The smallest absolute Gasteiger partial charge is 0.151 e. The Balaban J connectivity index is 3.90.